The molecule has 2 nitrogen and oxygen atoms in total. The number of ether oxygens (including phenoxy) is 1. The zero-order valence-electron chi connectivity index (χ0n) is 7.93. The van der Waals surface area contributed by atoms with Crippen molar-refractivity contribution in [3.05, 3.63) is 33.8 Å². The van der Waals surface area contributed by atoms with E-state index in [0.29, 0.717) is 15.9 Å². The van der Waals surface area contributed by atoms with Crippen LogP contribution in [0.1, 0.15) is 21.5 Å². The summed E-state index contributed by atoms with van der Waals surface area (Å²) in [5.74, 6) is -0.360. The predicted molar refractivity (Wildman–Crippen MR) is 60.2 cm³/mol. The molecule has 76 valence electrons. The molecule has 1 rings (SSSR count). The number of methoxy groups -OCH3 is 1. The van der Waals surface area contributed by atoms with Crippen LogP contribution in [0.5, 0.6) is 0 Å². The minimum atomic E-state index is -0.360. The fourth-order valence-corrected chi connectivity index (χ4v) is 1.78. The first-order valence-corrected chi connectivity index (χ1v) is 5.53. The van der Waals surface area contributed by atoms with E-state index in [1.54, 1.807) is 6.07 Å². The summed E-state index contributed by atoms with van der Waals surface area (Å²) in [5.41, 5.74) is 2.35. The number of benzene rings is 1. The fraction of sp³-hybridized carbons (Fsp3) is 0.300. The lowest BCUT2D eigenvalue weighted by molar-refractivity contribution is 0.0600. The second-order valence-electron chi connectivity index (χ2n) is 2.88. The minimum Gasteiger partial charge on any atom is -0.465 e. The lowest BCUT2D eigenvalue weighted by Crippen LogP contribution is -2.05. The smallest absolute Gasteiger partial charge is 0.338 e. The number of alkyl halides is 1. The van der Waals surface area contributed by atoms with Gasteiger partial charge in [-0.1, -0.05) is 33.6 Å². The van der Waals surface area contributed by atoms with Gasteiger partial charge < -0.3 is 4.74 Å². The molecule has 1 aromatic rings. The molecule has 0 N–H and O–H groups in total. The summed E-state index contributed by atoms with van der Waals surface area (Å²) in [7, 11) is 1.36. The van der Waals surface area contributed by atoms with Crippen molar-refractivity contribution in [1.29, 1.82) is 0 Å². The maximum atomic E-state index is 11.4. The van der Waals surface area contributed by atoms with Crippen LogP contribution in [0, 0.1) is 6.92 Å². The third-order valence-electron chi connectivity index (χ3n) is 1.93. The summed E-state index contributed by atoms with van der Waals surface area (Å²) in [4.78, 5) is 11.4. The summed E-state index contributed by atoms with van der Waals surface area (Å²) in [5, 5.41) is 1.19. The Hall–Kier alpha value is -0.540. The predicted octanol–water partition coefficient (Wildman–Crippen LogP) is 3.33. The monoisotopic (exact) mass is 276 g/mol. The molecule has 4 heteroatoms. The number of esters is 1. The van der Waals surface area contributed by atoms with Gasteiger partial charge in [0, 0.05) is 10.4 Å². The Morgan fingerprint density at radius 2 is 2.21 bits per heavy atom. The summed E-state index contributed by atoms with van der Waals surface area (Å²) >= 11 is 9.23. The van der Waals surface area contributed by atoms with Gasteiger partial charge in [0.1, 0.15) is 0 Å². The number of carbonyl (C=O) groups excluding carboxylic acids is 1. The zero-order valence-corrected chi connectivity index (χ0v) is 10.3. The Morgan fingerprint density at radius 1 is 1.57 bits per heavy atom. The highest BCUT2D eigenvalue weighted by molar-refractivity contribution is 9.08. The molecular weight excluding hydrogens is 267 g/mol. The highest BCUT2D eigenvalue weighted by Gasteiger charge is 2.12. The van der Waals surface area contributed by atoms with Crippen LogP contribution in [-0.4, -0.2) is 13.1 Å². The van der Waals surface area contributed by atoms with Gasteiger partial charge in [0.25, 0.3) is 0 Å². The molecule has 0 aliphatic rings. The summed E-state index contributed by atoms with van der Waals surface area (Å²) in [6, 6.07) is 3.52. The van der Waals surface area contributed by atoms with Crippen LogP contribution >= 0.6 is 27.5 Å². The van der Waals surface area contributed by atoms with E-state index in [1.807, 2.05) is 13.0 Å². The van der Waals surface area contributed by atoms with Gasteiger partial charge in [0.15, 0.2) is 0 Å². The average Bonchev–Trinajstić information content (AvgIpc) is 2.20. The van der Waals surface area contributed by atoms with E-state index in [-0.39, 0.29) is 5.97 Å². The van der Waals surface area contributed by atoms with Gasteiger partial charge in [-0.25, -0.2) is 4.79 Å². The normalized spacial score (nSPS) is 10.0. The van der Waals surface area contributed by atoms with Crippen LogP contribution in [0.3, 0.4) is 0 Å². The second kappa shape index (κ2) is 4.80. The molecule has 0 amide bonds. The van der Waals surface area contributed by atoms with Crippen LogP contribution in [0.15, 0.2) is 12.1 Å². The topological polar surface area (TPSA) is 26.3 Å². The number of halogens is 2. The third kappa shape index (κ3) is 2.28. The SMILES string of the molecule is COC(=O)c1cc(Cl)c(C)cc1CBr. The lowest BCUT2D eigenvalue weighted by atomic mass is 10.1. The summed E-state index contributed by atoms with van der Waals surface area (Å²) < 4.78 is 4.66. The summed E-state index contributed by atoms with van der Waals surface area (Å²) in [6.45, 7) is 1.90. The molecule has 0 bridgehead atoms. The number of rotatable bonds is 2. The Kier molecular flexibility index (Phi) is 3.96. The van der Waals surface area contributed by atoms with Gasteiger partial charge in [-0.05, 0) is 24.1 Å². The molecular formula is C10H10BrClO2. The van der Waals surface area contributed by atoms with Crippen LogP contribution in [-0.2, 0) is 10.1 Å². The molecule has 0 saturated carbocycles. The molecule has 0 aromatic heterocycles. The quantitative estimate of drug-likeness (QED) is 0.612. The van der Waals surface area contributed by atoms with E-state index >= 15 is 0 Å². The number of aryl methyl sites for hydroxylation is 1. The molecule has 0 atom stereocenters. The standard InChI is InChI=1S/C10H10BrClO2/c1-6-3-7(5-11)8(4-9(6)12)10(13)14-2/h3-4H,5H2,1-2H3. The first-order valence-electron chi connectivity index (χ1n) is 4.03. The van der Waals surface area contributed by atoms with Crippen molar-refractivity contribution in [1.82, 2.24) is 0 Å². The van der Waals surface area contributed by atoms with Crippen LogP contribution in [0.4, 0.5) is 0 Å². The van der Waals surface area contributed by atoms with E-state index in [1.165, 1.54) is 7.11 Å². The van der Waals surface area contributed by atoms with Crippen molar-refractivity contribution in [2.45, 2.75) is 12.3 Å². The molecule has 14 heavy (non-hydrogen) atoms. The van der Waals surface area contributed by atoms with E-state index in [0.717, 1.165) is 11.1 Å². The van der Waals surface area contributed by atoms with E-state index in [9.17, 15) is 4.79 Å². The van der Waals surface area contributed by atoms with E-state index in [2.05, 4.69) is 20.7 Å². The van der Waals surface area contributed by atoms with Gasteiger partial charge >= 0.3 is 5.97 Å². The van der Waals surface area contributed by atoms with Gasteiger partial charge in [0.05, 0.1) is 12.7 Å². The largest absolute Gasteiger partial charge is 0.465 e. The maximum absolute atomic E-state index is 11.4. The summed E-state index contributed by atoms with van der Waals surface area (Å²) in [6.07, 6.45) is 0. The molecule has 0 saturated heterocycles. The van der Waals surface area contributed by atoms with Gasteiger partial charge in [-0.2, -0.15) is 0 Å². The number of carbonyl (C=O) groups is 1. The third-order valence-corrected chi connectivity index (χ3v) is 2.95. The Labute approximate surface area is 96.3 Å². The van der Waals surface area contributed by atoms with Crippen molar-refractivity contribution in [2.24, 2.45) is 0 Å². The molecule has 0 spiro atoms. The van der Waals surface area contributed by atoms with Gasteiger partial charge in [-0.3, -0.25) is 0 Å². The van der Waals surface area contributed by atoms with Crippen LogP contribution in [0.2, 0.25) is 5.02 Å². The number of hydrogen-bond acceptors (Lipinski definition) is 2. The Morgan fingerprint density at radius 3 is 2.71 bits per heavy atom. The average molecular weight is 278 g/mol. The van der Waals surface area contributed by atoms with E-state index in [4.69, 9.17) is 11.6 Å². The maximum Gasteiger partial charge on any atom is 0.338 e. The minimum absolute atomic E-state index is 0.360. The second-order valence-corrected chi connectivity index (χ2v) is 3.85. The molecule has 0 aliphatic carbocycles. The lowest BCUT2D eigenvalue weighted by Gasteiger charge is -2.07. The molecule has 0 fully saturated rings. The van der Waals surface area contributed by atoms with Gasteiger partial charge in [0.2, 0.25) is 0 Å². The van der Waals surface area contributed by atoms with Crippen LogP contribution < -0.4 is 0 Å². The molecule has 1 aromatic carbocycles. The first kappa shape index (κ1) is 11.5. The highest BCUT2D eigenvalue weighted by atomic mass is 79.9. The van der Waals surface area contributed by atoms with Crippen molar-refractivity contribution >= 4 is 33.5 Å². The van der Waals surface area contributed by atoms with Crippen molar-refractivity contribution in [3.8, 4) is 0 Å². The van der Waals surface area contributed by atoms with Crippen molar-refractivity contribution in [2.75, 3.05) is 7.11 Å². The molecule has 0 heterocycles. The molecule has 0 unspecified atom stereocenters. The Bertz CT molecular complexity index is 363. The Balaban J connectivity index is 3.27. The van der Waals surface area contributed by atoms with E-state index < -0.39 is 0 Å². The van der Waals surface area contributed by atoms with Crippen molar-refractivity contribution < 1.29 is 9.53 Å². The molecule has 0 aliphatic heterocycles. The number of hydrogen-bond donors (Lipinski definition) is 0. The highest BCUT2D eigenvalue weighted by Crippen LogP contribution is 2.23. The zero-order chi connectivity index (χ0) is 10.7. The molecule has 0 radical (unpaired) electrons. The van der Waals surface area contributed by atoms with Gasteiger partial charge in [-0.15, -0.1) is 0 Å². The van der Waals surface area contributed by atoms with Crippen molar-refractivity contribution in [3.63, 3.8) is 0 Å². The van der Waals surface area contributed by atoms with Crippen LogP contribution in [0.25, 0.3) is 0 Å². The fourth-order valence-electron chi connectivity index (χ4n) is 1.15. The first-order chi connectivity index (χ1) is 6.60.